The standard InChI is InChI=1S/C19H16ClFN2/c1-2-23-16(12-14-6-3-4-8-19(14)23)7-5-11-22-15-9-10-17(20)18(21)13-15/h3-4,6,8-10,12-13,22H,2,11H2,1H3. The summed E-state index contributed by atoms with van der Waals surface area (Å²) < 4.78 is 15.5. The lowest BCUT2D eigenvalue weighted by atomic mass is 10.2. The first-order valence-electron chi connectivity index (χ1n) is 7.45. The number of anilines is 1. The number of aryl methyl sites for hydroxylation is 1. The number of benzene rings is 2. The molecule has 0 saturated carbocycles. The summed E-state index contributed by atoms with van der Waals surface area (Å²) in [6.07, 6.45) is 0. The van der Waals surface area contributed by atoms with Crippen molar-refractivity contribution in [2.75, 3.05) is 11.9 Å². The fourth-order valence-corrected chi connectivity index (χ4v) is 2.66. The molecule has 3 aromatic rings. The van der Waals surface area contributed by atoms with Gasteiger partial charge in [-0.3, -0.25) is 0 Å². The van der Waals surface area contributed by atoms with E-state index in [2.05, 4.69) is 46.8 Å². The highest BCUT2D eigenvalue weighted by molar-refractivity contribution is 6.30. The highest BCUT2D eigenvalue weighted by atomic mass is 35.5. The summed E-state index contributed by atoms with van der Waals surface area (Å²) in [7, 11) is 0. The number of nitrogens with one attached hydrogen (secondary N) is 1. The predicted molar refractivity (Wildman–Crippen MR) is 94.4 cm³/mol. The molecule has 0 saturated heterocycles. The fraction of sp³-hybridized carbons (Fsp3) is 0.158. The maximum atomic E-state index is 13.4. The Morgan fingerprint density at radius 2 is 2.00 bits per heavy atom. The number of aromatic nitrogens is 1. The Hall–Kier alpha value is -2.44. The van der Waals surface area contributed by atoms with Crippen molar-refractivity contribution in [3.05, 3.63) is 65.1 Å². The average molecular weight is 327 g/mol. The normalized spacial score (nSPS) is 10.4. The molecule has 3 rings (SSSR count). The van der Waals surface area contributed by atoms with Crippen molar-refractivity contribution in [1.82, 2.24) is 4.57 Å². The first kappa shape index (κ1) is 15.5. The second-order valence-electron chi connectivity index (χ2n) is 5.12. The molecule has 23 heavy (non-hydrogen) atoms. The summed E-state index contributed by atoms with van der Waals surface area (Å²) in [4.78, 5) is 0. The Bertz CT molecular complexity index is 903. The van der Waals surface area contributed by atoms with Crippen molar-refractivity contribution < 1.29 is 4.39 Å². The van der Waals surface area contributed by atoms with Crippen LogP contribution >= 0.6 is 11.6 Å². The van der Waals surface area contributed by atoms with Gasteiger partial charge in [-0.15, -0.1) is 0 Å². The molecule has 1 aromatic heterocycles. The molecule has 0 bridgehead atoms. The van der Waals surface area contributed by atoms with Crippen molar-refractivity contribution in [2.24, 2.45) is 0 Å². The second kappa shape index (κ2) is 6.76. The van der Waals surface area contributed by atoms with Crippen LogP contribution in [0.15, 0.2) is 48.5 Å². The molecule has 0 aliphatic heterocycles. The van der Waals surface area contributed by atoms with Crippen LogP contribution in [-0.4, -0.2) is 11.1 Å². The van der Waals surface area contributed by atoms with E-state index in [9.17, 15) is 4.39 Å². The van der Waals surface area contributed by atoms with Crippen LogP contribution < -0.4 is 5.32 Å². The third-order valence-electron chi connectivity index (χ3n) is 3.64. The van der Waals surface area contributed by atoms with Crippen molar-refractivity contribution in [2.45, 2.75) is 13.5 Å². The molecule has 0 atom stereocenters. The van der Waals surface area contributed by atoms with Crippen molar-refractivity contribution in [3.63, 3.8) is 0 Å². The van der Waals surface area contributed by atoms with Crippen LogP contribution in [0.25, 0.3) is 10.9 Å². The van der Waals surface area contributed by atoms with Crippen molar-refractivity contribution in [3.8, 4) is 11.8 Å². The Kier molecular flexibility index (Phi) is 4.55. The summed E-state index contributed by atoms with van der Waals surface area (Å²) in [6.45, 7) is 3.41. The van der Waals surface area contributed by atoms with Gasteiger partial charge in [0.1, 0.15) is 5.82 Å². The molecule has 0 spiro atoms. The Balaban J connectivity index is 1.75. The molecule has 116 valence electrons. The topological polar surface area (TPSA) is 17.0 Å². The van der Waals surface area contributed by atoms with Crippen LogP contribution in [0.3, 0.4) is 0 Å². The van der Waals surface area contributed by atoms with E-state index in [1.54, 1.807) is 6.07 Å². The minimum absolute atomic E-state index is 0.120. The van der Waals surface area contributed by atoms with Crippen LogP contribution in [0.2, 0.25) is 5.02 Å². The zero-order valence-corrected chi connectivity index (χ0v) is 13.5. The van der Waals surface area contributed by atoms with Crippen molar-refractivity contribution in [1.29, 1.82) is 0 Å². The highest BCUT2D eigenvalue weighted by Crippen LogP contribution is 2.19. The van der Waals surface area contributed by atoms with Gasteiger partial charge in [0, 0.05) is 23.1 Å². The quantitative estimate of drug-likeness (QED) is 0.676. The summed E-state index contributed by atoms with van der Waals surface area (Å²) >= 11 is 5.66. The minimum Gasteiger partial charge on any atom is -0.374 e. The number of hydrogen-bond acceptors (Lipinski definition) is 1. The van der Waals surface area contributed by atoms with Crippen LogP contribution in [0.4, 0.5) is 10.1 Å². The molecule has 2 aromatic carbocycles. The zero-order chi connectivity index (χ0) is 16.2. The number of fused-ring (bicyclic) bond motifs is 1. The van der Waals surface area contributed by atoms with E-state index < -0.39 is 5.82 Å². The van der Waals surface area contributed by atoms with Crippen LogP contribution in [0.5, 0.6) is 0 Å². The molecule has 4 heteroatoms. The van der Waals surface area contributed by atoms with Gasteiger partial charge >= 0.3 is 0 Å². The Morgan fingerprint density at radius 3 is 2.78 bits per heavy atom. The summed E-state index contributed by atoms with van der Waals surface area (Å²) in [6, 6.07) is 15.0. The summed E-state index contributed by atoms with van der Waals surface area (Å²) in [5, 5.41) is 4.38. The lowest BCUT2D eigenvalue weighted by Crippen LogP contribution is -2.00. The van der Waals surface area contributed by atoms with E-state index in [1.165, 1.54) is 23.0 Å². The molecule has 2 nitrogen and oxygen atoms in total. The van der Waals surface area contributed by atoms with Crippen LogP contribution in [-0.2, 0) is 6.54 Å². The highest BCUT2D eigenvalue weighted by Gasteiger charge is 2.04. The molecular formula is C19H16ClFN2. The van der Waals surface area contributed by atoms with E-state index >= 15 is 0 Å². The number of rotatable bonds is 3. The molecule has 0 aliphatic rings. The van der Waals surface area contributed by atoms with Gasteiger partial charge in [0.05, 0.1) is 17.3 Å². The molecule has 0 unspecified atom stereocenters. The van der Waals surface area contributed by atoms with E-state index in [0.717, 1.165) is 12.2 Å². The third kappa shape index (κ3) is 3.33. The maximum Gasteiger partial charge on any atom is 0.143 e. The van der Waals surface area contributed by atoms with Gasteiger partial charge in [-0.25, -0.2) is 4.39 Å². The Labute approximate surface area is 139 Å². The lowest BCUT2D eigenvalue weighted by molar-refractivity contribution is 0.629. The number of para-hydroxylation sites is 1. The van der Waals surface area contributed by atoms with Gasteiger partial charge in [-0.05, 0) is 43.2 Å². The predicted octanol–water partition coefficient (Wildman–Crippen LogP) is 4.92. The molecular weight excluding hydrogens is 311 g/mol. The minimum atomic E-state index is -0.435. The maximum absolute atomic E-state index is 13.4. The second-order valence-corrected chi connectivity index (χ2v) is 5.52. The summed E-state index contributed by atoms with van der Waals surface area (Å²) in [5.74, 6) is 5.83. The van der Waals surface area contributed by atoms with Crippen molar-refractivity contribution >= 4 is 28.2 Å². The molecule has 0 radical (unpaired) electrons. The van der Waals surface area contributed by atoms with Gasteiger partial charge < -0.3 is 9.88 Å². The first-order valence-corrected chi connectivity index (χ1v) is 7.83. The SMILES string of the molecule is CCn1c(C#CCNc2ccc(Cl)c(F)c2)cc2ccccc21. The fourth-order valence-electron chi connectivity index (χ4n) is 2.54. The van der Waals surface area contributed by atoms with Gasteiger partial charge in [0.25, 0.3) is 0 Å². The molecule has 0 aliphatic carbocycles. The number of halogens is 2. The van der Waals surface area contributed by atoms with Gasteiger partial charge in [-0.2, -0.15) is 0 Å². The van der Waals surface area contributed by atoms with E-state index in [1.807, 2.05) is 12.1 Å². The summed E-state index contributed by atoms with van der Waals surface area (Å²) in [5.41, 5.74) is 2.84. The van der Waals surface area contributed by atoms with E-state index in [4.69, 9.17) is 11.6 Å². The first-order chi connectivity index (χ1) is 11.2. The largest absolute Gasteiger partial charge is 0.374 e. The molecule has 0 fully saturated rings. The molecule has 1 heterocycles. The number of nitrogens with zero attached hydrogens (tertiary/aromatic N) is 1. The molecule has 1 N–H and O–H groups in total. The zero-order valence-electron chi connectivity index (χ0n) is 12.7. The third-order valence-corrected chi connectivity index (χ3v) is 3.95. The van der Waals surface area contributed by atoms with Gasteiger partial charge in [0.2, 0.25) is 0 Å². The average Bonchev–Trinajstić information content (AvgIpc) is 2.92. The van der Waals surface area contributed by atoms with E-state index in [0.29, 0.717) is 12.2 Å². The van der Waals surface area contributed by atoms with Gasteiger partial charge in [0.15, 0.2) is 0 Å². The van der Waals surface area contributed by atoms with Crippen LogP contribution in [0.1, 0.15) is 12.6 Å². The van der Waals surface area contributed by atoms with Crippen LogP contribution in [0, 0.1) is 17.7 Å². The lowest BCUT2D eigenvalue weighted by Gasteiger charge is -2.03. The van der Waals surface area contributed by atoms with E-state index in [-0.39, 0.29) is 5.02 Å². The number of hydrogen-bond donors (Lipinski definition) is 1. The smallest absolute Gasteiger partial charge is 0.143 e. The van der Waals surface area contributed by atoms with Gasteiger partial charge in [-0.1, -0.05) is 35.7 Å². The Morgan fingerprint density at radius 1 is 1.17 bits per heavy atom. The molecule has 0 amide bonds. The monoisotopic (exact) mass is 326 g/mol.